The molecule has 0 fully saturated rings. The highest BCUT2D eigenvalue weighted by atomic mass is 79.9. The van der Waals surface area contributed by atoms with E-state index in [0.717, 1.165) is 16.8 Å². The lowest BCUT2D eigenvalue weighted by atomic mass is 9.91. The molecule has 0 atom stereocenters. The van der Waals surface area contributed by atoms with Gasteiger partial charge in [-0.05, 0) is 47.9 Å². The Labute approximate surface area is 693 Å². The van der Waals surface area contributed by atoms with Crippen LogP contribution in [0.15, 0.2) is 22.8 Å². The minimum absolute atomic E-state index is 0.105. The molecule has 0 spiro atoms. The third kappa shape index (κ3) is 58.7. The van der Waals surface area contributed by atoms with Crippen molar-refractivity contribution < 1.29 is 4.11 Å². The molecule has 0 saturated carbocycles. The van der Waals surface area contributed by atoms with E-state index >= 15 is 0 Å². The van der Waals surface area contributed by atoms with E-state index in [-0.39, 0.29) is 11.1 Å². The average Bonchev–Trinajstić information content (AvgIpc) is 1.77. The zero-order valence-corrected chi connectivity index (χ0v) is 93.1. The molecule has 0 aliphatic rings. The van der Waals surface area contributed by atoms with E-state index in [2.05, 4.69) is 41.7 Å². The largest absolute Gasteiger partial charge is 0.300 e. The van der Waals surface area contributed by atoms with Crippen molar-refractivity contribution in [2.45, 2.75) is 40.0 Å². The highest BCUT2D eigenvalue weighted by molar-refractivity contribution is 9.10. The van der Waals surface area contributed by atoms with Crippen LogP contribution in [0, 0.1) is 13.8 Å². The fourth-order valence-corrected chi connectivity index (χ4v) is 171. The molecule has 0 radical (unpaired) electrons. The maximum atomic E-state index is 7.85. The predicted octanol–water partition coefficient (Wildman–Crippen LogP) is 4.40. The zero-order valence-electron chi connectivity index (χ0n) is 41.5. The summed E-state index contributed by atoms with van der Waals surface area (Å²) in [6.07, 6.45) is 0. The molecule has 0 aliphatic heterocycles. The molecule has 3 aromatic heterocycles. The third-order valence-corrected chi connectivity index (χ3v) is 144. The van der Waals surface area contributed by atoms with Crippen LogP contribution in [0.2, 0.25) is 0 Å². The first-order valence-corrected chi connectivity index (χ1v) is 103. The highest BCUT2D eigenvalue weighted by Crippen LogP contribution is 2.28. The summed E-state index contributed by atoms with van der Waals surface area (Å²) >= 11 is 13.0. The molecule has 0 unspecified atom stereocenters. The lowest BCUT2D eigenvalue weighted by Crippen LogP contribution is -2.13. The van der Waals surface area contributed by atoms with E-state index in [0.29, 0.717) is 15.8 Å². The quantitative estimate of drug-likeness (QED) is 0.335. The zero-order chi connectivity index (χ0) is 63.7. The number of pyridine rings is 2. The van der Waals surface area contributed by atoms with Crippen LogP contribution < -0.4 is 0 Å². The van der Waals surface area contributed by atoms with Crippen molar-refractivity contribution in [3.63, 3.8) is 0 Å². The van der Waals surface area contributed by atoms with Crippen molar-refractivity contribution in [2.75, 3.05) is 0 Å². The first-order valence-electron chi connectivity index (χ1n) is 18.7. The molecule has 3 rings (SSSR count). The lowest BCUT2D eigenvalue weighted by Gasteiger charge is -2.18. The van der Waals surface area contributed by atoms with Gasteiger partial charge in [0.1, 0.15) is 10.3 Å². The topological polar surface area (TPSA) is 30.2 Å². The van der Waals surface area contributed by atoms with Crippen LogP contribution in [-0.4, -0.2) is 14.4 Å². The van der Waals surface area contributed by atoms with Crippen molar-refractivity contribution in [1.29, 1.82) is 0 Å². The van der Waals surface area contributed by atoms with E-state index in [9.17, 15) is 0 Å². The molecule has 3 heterocycles. The molecule has 0 saturated heterocycles. The van der Waals surface area contributed by atoms with Crippen LogP contribution in [0.1, 0.15) is 42.0 Å². The Morgan fingerprint density at radius 1 is 0.353 bits per heavy atom. The minimum Gasteiger partial charge on any atom is -0.300 e. The van der Waals surface area contributed by atoms with Crippen LogP contribution in [0.5, 0.6) is 0 Å². The maximum Gasteiger partial charge on any atom is 0.148 e. The summed E-state index contributed by atoms with van der Waals surface area (Å²) in [5.41, 5.74) is 3.10. The number of nitrogens with zero attached hydrogens (tertiary/aromatic N) is 3. The van der Waals surface area contributed by atoms with Gasteiger partial charge in [-0.1, -0.05) is 20.8 Å². The third-order valence-electron chi connectivity index (χ3n) is 5.22. The van der Waals surface area contributed by atoms with Crippen molar-refractivity contribution in [2.24, 2.45) is 0 Å². The summed E-state index contributed by atoms with van der Waals surface area (Å²) in [6.45, 7) is 5.86. The molecule has 0 aromatic carbocycles. The molecule has 0 aliphatic carbocycles. The van der Waals surface area contributed by atoms with Crippen LogP contribution >= 0.6 is 15.9 Å². The Hall–Kier alpha value is 12.9. The van der Waals surface area contributed by atoms with Crippen molar-refractivity contribution in [3.8, 4) is 0 Å². The van der Waals surface area contributed by atoms with Crippen LogP contribution in [0.4, 0.5) is 0 Å². The van der Waals surface area contributed by atoms with E-state index in [4.69, 9.17) is 31.5 Å². The minimum atomic E-state index is -2.24. The molecule has 0 N–H and O–H groups in total. The Morgan fingerprint density at radius 2 is 0.565 bits per heavy atom. The fraction of sp³-hybridized carbons (Fsp3) is 0.375. The Morgan fingerprint density at radius 3 is 0.753 bits per heavy atom. The van der Waals surface area contributed by atoms with Crippen molar-refractivity contribution in [1.82, 2.24) is 14.4 Å². The second kappa shape index (κ2) is 72.4. The SMILES string of the molecule is S=S=S=S=S=S=S=S=S=S=S=S=S=S=S=S=S=S=S=S=S=S=S=S=S=S=S=S=S=S=S=S=S=S=S=S=S=S=S=S=S=S=S=S=S=S=S=S=S=S=S=S=S=S=S=S=S=S=S=S=S=S=S=S=S.[2H]C([2H])([2H])c1cc2nc(C(C)(C)C)ccc2c2nc(Br)c(C)n12. The monoisotopic (exact) mass is 2410 g/mol. The summed E-state index contributed by atoms with van der Waals surface area (Å²) in [5, 5.41) is 0.847. The number of halogens is 1. The molecule has 3 nitrogen and oxygen atoms in total. The first kappa shape index (κ1) is 88.5. The fourth-order valence-electron chi connectivity index (χ4n) is 3.03. The Bertz CT molecular complexity index is 5990. The molecular formula is C16H18BrN3S65. The van der Waals surface area contributed by atoms with E-state index in [1.54, 1.807) is 117 Å². The number of aromatic nitrogens is 3. The standard InChI is InChI=1S/C16H18BrN3.S65/c1-9-8-12-11(6-7-13(18-12)16(3,4)5)15-19-14(17)10(2)20(9)15;1-3-5-7-9-11-13-15-17-19-21-23-25-27-29-31-33-35-37-39-41-43-45-47-49-51-53-55-57-59-61-63-65-64-62-60-58-56-54-52-50-48-46-44-42-40-38-36-34-32-30-28-26-24-22-20-18-16-14-12-10-8-6-4-2/h6-8H,1-5H3;/i1D3;. The van der Waals surface area contributed by atoms with Crippen LogP contribution in [0.25, 0.3) is 16.6 Å². The summed E-state index contributed by atoms with van der Waals surface area (Å²) in [7, 11) is 113. The van der Waals surface area contributed by atoms with Crippen molar-refractivity contribution >= 4 is 614 Å². The molecule has 3 aromatic rings. The number of rotatable bonds is 0. The van der Waals surface area contributed by atoms with Gasteiger partial charge < -0.3 is 0 Å². The Kier molecular flexibility index (Phi) is 75.4. The van der Waals surface area contributed by atoms with Gasteiger partial charge in [0.15, 0.2) is 0 Å². The molecule has 85 heavy (non-hydrogen) atoms. The summed E-state index contributed by atoms with van der Waals surface area (Å²) in [5.74, 6) is 0. The Balaban J connectivity index is 0.000000940. The van der Waals surface area contributed by atoms with Gasteiger partial charge in [0.25, 0.3) is 0 Å². The highest BCUT2D eigenvalue weighted by Gasteiger charge is 2.18. The van der Waals surface area contributed by atoms with Gasteiger partial charge in [0, 0.05) is 608 Å². The number of aryl methyl sites for hydroxylation is 2. The van der Waals surface area contributed by atoms with E-state index in [1.807, 2.05) is 454 Å². The molecule has 0 bridgehead atoms. The maximum absolute atomic E-state index is 7.85. The van der Waals surface area contributed by atoms with Crippen LogP contribution in [-0.2, 0) is 587 Å². The number of imidazole rings is 1. The van der Waals surface area contributed by atoms with Crippen molar-refractivity contribution in [3.05, 3.63) is 39.9 Å². The number of hydrogen-bond donors (Lipinski definition) is 0. The van der Waals surface area contributed by atoms with E-state index in [1.165, 1.54) is 17.8 Å². The summed E-state index contributed by atoms with van der Waals surface area (Å²) in [6, 6.07) is 5.61. The smallest absolute Gasteiger partial charge is 0.148 e. The van der Waals surface area contributed by atoms with Gasteiger partial charge in [-0.2, -0.15) is 0 Å². The van der Waals surface area contributed by atoms with Gasteiger partial charge in [-0.25, -0.2) is 4.98 Å². The average molecular weight is 2420 g/mol. The summed E-state index contributed by atoms with van der Waals surface area (Å²) in [4.78, 5) is 9.19. The predicted molar refractivity (Wildman–Crippen MR) is 565 cm³/mol. The van der Waals surface area contributed by atoms with Gasteiger partial charge >= 0.3 is 0 Å². The number of hydrogen-bond acceptors (Lipinski definition) is 4. The molecule has 0 amide bonds. The first-order chi connectivity index (χ1) is 42.9. The summed E-state index contributed by atoms with van der Waals surface area (Å²) < 4.78 is 25.9. The van der Waals surface area contributed by atoms with Gasteiger partial charge in [0.05, 0.1) is 11.2 Å². The van der Waals surface area contributed by atoms with Gasteiger partial charge in [0.2, 0.25) is 0 Å². The number of fused-ring (bicyclic) bond motifs is 3. The van der Waals surface area contributed by atoms with E-state index < -0.39 is 6.85 Å². The second-order valence-electron chi connectivity index (χ2n) is 10.3. The van der Waals surface area contributed by atoms with Gasteiger partial charge in [-0.3, -0.25) is 9.38 Å². The molecule has 494 valence electrons. The lowest BCUT2D eigenvalue weighted by molar-refractivity contribution is 0.571. The second-order valence-corrected chi connectivity index (χ2v) is 123. The normalized spacial score (nSPS) is 9.59. The van der Waals surface area contributed by atoms with Gasteiger partial charge in [-0.15, -0.1) is 0 Å². The molecular weight excluding hydrogens is 2400 g/mol. The van der Waals surface area contributed by atoms with Crippen LogP contribution in [0.3, 0.4) is 0 Å². The molecule has 69 heteroatoms.